The number of esters is 4. The highest BCUT2D eigenvalue weighted by molar-refractivity contribution is 6.16. The Hall–Kier alpha value is -3.10. The molecule has 9 heteroatoms. The van der Waals surface area contributed by atoms with Gasteiger partial charge in [0.2, 0.25) is 5.41 Å². The molecule has 1 N–H and O–H groups in total. The summed E-state index contributed by atoms with van der Waals surface area (Å²) in [4.78, 5) is 51.8. The van der Waals surface area contributed by atoms with Gasteiger partial charge in [0.05, 0.1) is 26.4 Å². The van der Waals surface area contributed by atoms with E-state index in [2.05, 4.69) is 0 Å². The van der Waals surface area contributed by atoms with Gasteiger partial charge in [0.15, 0.2) is 5.92 Å². The molecule has 0 aromatic heterocycles. The molecule has 0 unspecified atom stereocenters. The van der Waals surface area contributed by atoms with Crippen LogP contribution in [0.2, 0.25) is 0 Å². The van der Waals surface area contributed by atoms with E-state index in [1.807, 2.05) is 0 Å². The molecule has 0 amide bonds. The summed E-state index contributed by atoms with van der Waals surface area (Å²) in [7, 11) is 0. The Bertz CT molecular complexity index is 688. The number of hydrogen-bond acceptors (Lipinski definition) is 9. The maximum absolute atomic E-state index is 13.1. The minimum atomic E-state index is -2.52. The van der Waals surface area contributed by atoms with Crippen LogP contribution in [0.3, 0.4) is 0 Å². The molecular formula is C20H26O9. The number of aromatic hydroxyl groups is 1. The molecule has 160 valence electrons. The topological polar surface area (TPSA) is 125 Å². The molecule has 0 radical (unpaired) electrons. The average molecular weight is 410 g/mol. The third-order valence-electron chi connectivity index (χ3n) is 4.00. The highest BCUT2D eigenvalue weighted by Gasteiger charge is 2.63. The monoisotopic (exact) mass is 410 g/mol. The number of carbonyl (C=O) groups is 4. The van der Waals surface area contributed by atoms with Crippen LogP contribution < -0.4 is 0 Å². The van der Waals surface area contributed by atoms with E-state index in [-0.39, 0.29) is 37.7 Å². The Morgan fingerprint density at radius 3 is 1.48 bits per heavy atom. The third-order valence-corrected chi connectivity index (χ3v) is 4.00. The first-order chi connectivity index (χ1) is 13.8. The third kappa shape index (κ3) is 5.04. The zero-order valence-corrected chi connectivity index (χ0v) is 16.9. The molecule has 0 heterocycles. The Kier molecular flexibility index (Phi) is 9.11. The quantitative estimate of drug-likeness (QED) is 0.347. The minimum Gasteiger partial charge on any atom is -0.508 e. The second-order valence-electron chi connectivity index (χ2n) is 5.73. The van der Waals surface area contributed by atoms with Crippen molar-refractivity contribution in [3.05, 3.63) is 29.8 Å². The van der Waals surface area contributed by atoms with Gasteiger partial charge in [-0.2, -0.15) is 0 Å². The average Bonchev–Trinajstić information content (AvgIpc) is 2.67. The summed E-state index contributed by atoms with van der Waals surface area (Å²) in [6, 6.07) is 4.87. The van der Waals surface area contributed by atoms with Crippen LogP contribution in [-0.4, -0.2) is 55.4 Å². The first-order valence-corrected chi connectivity index (χ1v) is 9.28. The van der Waals surface area contributed by atoms with Gasteiger partial charge in [0.1, 0.15) is 5.75 Å². The van der Waals surface area contributed by atoms with Gasteiger partial charge in [-0.3, -0.25) is 19.2 Å². The van der Waals surface area contributed by atoms with Crippen LogP contribution in [0.4, 0.5) is 0 Å². The summed E-state index contributed by atoms with van der Waals surface area (Å²) >= 11 is 0. The smallest absolute Gasteiger partial charge is 0.329 e. The van der Waals surface area contributed by atoms with Crippen molar-refractivity contribution in [3.8, 4) is 5.75 Å². The fourth-order valence-electron chi connectivity index (χ4n) is 2.84. The molecule has 29 heavy (non-hydrogen) atoms. The van der Waals surface area contributed by atoms with E-state index in [1.165, 1.54) is 52.0 Å². The molecular weight excluding hydrogens is 384 g/mol. The number of phenolic OH excluding ortho intramolecular Hbond substituents is 1. The van der Waals surface area contributed by atoms with Crippen LogP contribution in [-0.2, 0) is 43.5 Å². The van der Waals surface area contributed by atoms with E-state index in [0.29, 0.717) is 0 Å². The van der Waals surface area contributed by atoms with E-state index in [1.54, 1.807) is 0 Å². The Morgan fingerprint density at radius 1 is 0.759 bits per heavy atom. The first-order valence-electron chi connectivity index (χ1n) is 9.28. The van der Waals surface area contributed by atoms with Gasteiger partial charge in [-0.25, -0.2) is 0 Å². The molecule has 0 spiro atoms. The second kappa shape index (κ2) is 11.0. The van der Waals surface area contributed by atoms with Crippen molar-refractivity contribution in [2.75, 3.05) is 26.4 Å². The Balaban J connectivity index is 3.89. The number of benzene rings is 1. The van der Waals surface area contributed by atoms with Crippen molar-refractivity contribution in [3.63, 3.8) is 0 Å². The van der Waals surface area contributed by atoms with Gasteiger partial charge >= 0.3 is 23.9 Å². The molecule has 1 aromatic rings. The molecule has 0 saturated carbocycles. The second-order valence-corrected chi connectivity index (χ2v) is 5.73. The van der Waals surface area contributed by atoms with Crippen LogP contribution in [0, 0.1) is 5.92 Å². The predicted octanol–water partition coefficient (Wildman–Crippen LogP) is 1.50. The van der Waals surface area contributed by atoms with Gasteiger partial charge in [0.25, 0.3) is 0 Å². The summed E-state index contributed by atoms with van der Waals surface area (Å²) in [5, 5.41) is 9.62. The van der Waals surface area contributed by atoms with Crippen molar-refractivity contribution < 1.29 is 43.2 Å². The van der Waals surface area contributed by atoms with Crippen LogP contribution in [0.1, 0.15) is 33.3 Å². The highest BCUT2D eigenvalue weighted by Crippen LogP contribution is 2.38. The molecule has 0 aliphatic heterocycles. The molecule has 1 aromatic carbocycles. The predicted molar refractivity (Wildman–Crippen MR) is 99.8 cm³/mol. The summed E-state index contributed by atoms with van der Waals surface area (Å²) in [5.74, 6) is -6.78. The van der Waals surface area contributed by atoms with Gasteiger partial charge in [-0.1, -0.05) is 12.1 Å². The molecule has 0 atom stereocenters. The standard InChI is InChI=1S/C20H26O9/c1-5-26-16(22)15(17(23)27-6-2)20(18(24)28-7-3,19(25)29-8-4)13-9-11-14(21)12-10-13/h9-12,15,21H,5-8H2,1-4H3. The van der Waals surface area contributed by atoms with Crippen LogP contribution in [0.5, 0.6) is 5.75 Å². The van der Waals surface area contributed by atoms with Gasteiger partial charge < -0.3 is 24.1 Å². The number of hydrogen-bond donors (Lipinski definition) is 1. The summed E-state index contributed by atoms with van der Waals surface area (Å²) in [6.07, 6.45) is 0. The molecule has 0 aliphatic carbocycles. The van der Waals surface area contributed by atoms with Crippen molar-refractivity contribution in [1.29, 1.82) is 0 Å². The van der Waals surface area contributed by atoms with E-state index in [9.17, 15) is 24.3 Å². The van der Waals surface area contributed by atoms with E-state index in [0.717, 1.165) is 0 Å². The Morgan fingerprint density at radius 2 is 1.14 bits per heavy atom. The van der Waals surface area contributed by atoms with Crippen molar-refractivity contribution in [1.82, 2.24) is 0 Å². The number of ether oxygens (including phenoxy) is 4. The zero-order chi connectivity index (χ0) is 22.0. The lowest BCUT2D eigenvalue weighted by Crippen LogP contribution is -2.57. The summed E-state index contributed by atoms with van der Waals surface area (Å²) < 4.78 is 20.1. The molecule has 1 rings (SSSR count). The number of phenols is 1. The number of carbonyl (C=O) groups excluding carboxylic acids is 4. The zero-order valence-electron chi connectivity index (χ0n) is 16.9. The van der Waals surface area contributed by atoms with Gasteiger partial charge in [-0.15, -0.1) is 0 Å². The van der Waals surface area contributed by atoms with Crippen molar-refractivity contribution in [2.24, 2.45) is 5.92 Å². The van der Waals surface area contributed by atoms with Gasteiger partial charge in [-0.05, 0) is 45.4 Å². The van der Waals surface area contributed by atoms with E-state index < -0.39 is 35.2 Å². The minimum absolute atomic E-state index is 0.0849. The van der Waals surface area contributed by atoms with Crippen molar-refractivity contribution in [2.45, 2.75) is 33.1 Å². The van der Waals surface area contributed by atoms with Crippen LogP contribution >= 0.6 is 0 Å². The fourth-order valence-corrected chi connectivity index (χ4v) is 2.84. The summed E-state index contributed by atoms with van der Waals surface area (Å²) in [5.41, 5.74) is -2.60. The maximum atomic E-state index is 13.1. The molecule has 0 aliphatic rings. The maximum Gasteiger partial charge on any atom is 0.329 e. The SMILES string of the molecule is CCOC(=O)C(C(=O)OCC)C(C(=O)OCC)(C(=O)OCC)c1ccc(O)cc1. The van der Waals surface area contributed by atoms with Crippen LogP contribution in [0.25, 0.3) is 0 Å². The normalized spacial score (nSPS) is 10.9. The van der Waals surface area contributed by atoms with Crippen molar-refractivity contribution >= 4 is 23.9 Å². The lowest BCUT2D eigenvalue weighted by molar-refractivity contribution is -0.182. The highest BCUT2D eigenvalue weighted by atomic mass is 16.6. The largest absolute Gasteiger partial charge is 0.508 e. The lowest BCUT2D eigenvalue weighted by Gasteiger charge is -2.34. The molecule has 0 bridgehead atoms. The van der Waals surface area contributed by atoms with Crippen LogP contribution in [0.15, 0.2) is 24.3 Å². The van der Waals surface area contributed by atoms with Gasteiger partial charge in [0, 0.05) is 0 Å². The van der Waals surface area contributed by atoms with E-state index in [4.69, 9.17) is 18.9 Å². The molecule has 0 fully saturated rings. The number of rotatable bonds is 10. The molecule has 9 nitrogen and oxygen atoms in total. The Labute approximate surface area is 168 Å². The molecule has 0 saturated heterocycles. The fraction of sp³-hybridized carbons (Fsp3) is 0.500. The summed E-state index contributed by atoms with van der Waals surface area (Å²) in [6.45, 7) is 5.57. The lowest BCUT2D eigenvalue weighted by atomic mass is 9.69. The van der Waals surface area contributed by atoms with E-state index >= 15 is 0 Å². The first kappa shape index (κ1) is 23.9.